The highest BCUT2D eigenvalue weighted by molar-refractivity contribution is 9.10. The van der Waals surface area contributed by atoms with Gasteiger partial charge in [-0.05, 0) is 31.0 Å². The van der Waals surface area contributed by atoms with Gasteiger partial charge >= 0.3 is 6.18 Å². The van der Waals surface area contributed by atoms with Crippen LogP contribution in [0.25, 0.3) is 0 Å². The number of Topliss-reactive ketones (excluding diaryl/α,β-unsaturated/α-hetero) is 1. The lowest BCUT2D eigenvalue weighted by molar-refractivity contribution is -0.137. The fourth-order valence-corrected chi connectivity index (χ4v) is 1.72. The first kappa shape index (κ1) is 14.7. The van der Waals surface area contributed by atoms with Crippen LogP contribution in [0.4, 0.5) is 13.2 Å². The molecule has 1 aromatic rings. The Hall–Kier alpha value is -1.35. The van der Waals surface area contributed by atoms with E-state index in [4.69, 9.17) is 5.26 Å². The fraction of sp³-hybridized carbons (Fsp3) is 0.333. The van der Waals surface area contributed by atoms with Crippen LogP contribution in [0.15, 0.2) is 18.2 Å². The van der Waals surface area contributed by atoms with Gasteiger partial charge in [0.25, 0.3) is 0 Å². The van der Waals surface area contributed by atoms with Crippen LogP contribution in [0.3, 0.4) is 0 Å². The molecule has 0 aliphatic rings. The molecule has 6 heteroatoms. The molecule has 0 spiro atoms. The molecule has 0 bridgehead atoms. The Labute approximate surface area is 111 Å². The number of hydrogen-bond donors (Lipinski definition) is 0. The lowest BCUT2D eigenvalue weighted by Crippen LogP contribution is -2.14. The molecule has 96 valence electrons. The Morgan fingerprint density at radius 2 is 2.11 bits per heavy atom. The van der Waals surface area contributed by atoms with Crippen molar-refractivity contribution in [1.82, 2.24) is 0 Å². The molecule has 0 aliphatic heterocycles. The second kappa shape index (κ2) is 5.53. The molecule has 0 heterocycles. The first-order valence-electron chi connectivity index (χ1n) is 5.00. The Morgan fingerprint density at radius 3 is 2.56 bits per heavy atom. The second-order valence-corrected chi connectivity index (χ2v) is 4.87. The number of hydrogen-bond acceptors (Lipinski definition) is 2. The first-order valence-corrected chi connectivity index (χ1v) is 5.92. The van der Waals surface area contributed by atoms with E-state index in [1.54, 1.807) is 6.07 Å². The Kier molecular flexibility index (Phi) is 4.52. The van der Waals surface area contributed by atoms with Crippen molar-refractivity contribution in [3.63, 3.8) is 0 Å². The van der Waals surface area contributed by atoms with Gasteiger partial charge in [0.1, 0.15) is 5.78 Å². The van der Waals surface area contributed by atoms with E-state index in [1.807, 2.05) is 0 Å². The van der Waals surface area contributed by atoms with E-state index in [2.05, 4.69) is 15.9 Å². The van der Waals surface area contributed by atoms with Gasteiger partial charge < -0.3 is 0 Å². The smallest absolute Gasteiger partial charge is 0.299 e. The van der Waals surface area contributed by atoms with E-state index in [1.165, 1.54) is 13.0 Å². The van der Waals surface area contributed by atoms with Crippen LogP contribution >= 0.6 is 15.9 Å². The Morgan fingerprint density at radius 1 is 1.50 bits per heavy atom. The summed E-state index contributed by atoms with van der Waals surface area (Å²) in [6.45, 7) is 1.37. The summed E-state index contributed by atoms with van der Waals surface area (Å²) in [5, 5.41) is 8.84. The maximum atomic E-state index is 12.5. The molecule has 0 saturated carbocycles. The minimum absolute atomic E-state index is 0.0597. The normalized spacial score (nSPS) is 12.9. The van der Waals surface area contributed by atoms with E-state index in [0.29, 0.717) is 5.56 Å². The zero-order valence-corrected chi connectivity index (χ0v) is 11.0. The van der Waals surface area contributed by atoms with Crippen LogP contribution in [-0.2, 0) is 17.4 Å². The molecule has 0 radical (unpaired) electrons. The van der Waals surface area contributed by atoms with Crippen molar-refractivity contribution in [2.45, 2.75) is 24.3 Å². The van der Waals surface area contributed by atoms with Gasteiger partial charge in [-0.2, -0.15) is 18.4 Å². The van der Waals surface area contributed by atoms with Crippen LogP contribution in [0.2, 0.25) is 0 Å². The molecule has 0 aliphatic carbocycles. The third kappa shape index (κ3) is 3.57. The Balaban J connectivity index is 3.10. The van der Waals surface area contributed by atoms with Gasteiger partial charge in [-0.15, -0.1) is 0 Å². The van der Waals surface area contributed by atoms with Crippen LogP contribution in [0, 0.1) is 11.3 Å². The summed E-state index contributed by atoms with van der Waals surface area (Å²) in [5.74, 6) is -0.140. The van der Waals surface area contributed by atoms with Crippen LogP contribution < -0.4 is 0 Å². The molecule has 1 aromatic carbocycles. The monoisotopic (exact) mass is 319 g/mol. The standard InChI is InChI=1S/C12H9BrF3NO/c1-7(18)11(13)5-8-2-3-10(12(14,15)16)4-9(8)6-17/h2-4,11H,5H2,1H3. The molecule has 1 atom stereocenters. The second-order valence-electron chi connectivity index (χ2n) is 3.76. The molecule has 0 fully saturated rings. The van der Waals surface area contributed by atoms with Gasteiger partial charge in [-0.3, -0.25) is 4.79 Å². The lowest BCUT2D eigenvalue weighted by atomic mass is 10.00. The fourth-order valence-electron chi connectivity index (χ4n) is 1.37. The number of alkyl halides is 4. The van der Waals surface area contributed by atoms with Crippen molar-refractivity contribution >= 4 is 21.7 Å². The van der Waals surface area contributed by atoms with Crippen molar-refractivity contribution in [3.05, 3.63) is 34.9 Å². The highest BCUT2D eigenvalue weighted by Crippen LogP contribution is 2.31. The van der Waals surface area contributed by atoms with Crippen LogP contribution in [0.5, 0.6) is 0 Å². The van der Waals surface area contributed by atoms with Gasteiger partial charge in [0.2, 0.25) is 0 Å². The zero-order chi connectivity index (χ0) is 13.9. The van der Waals surface area contributed by atoms with E-state index in [9.17, 15) is 18.0 Å². The summed E-state index contributed by atoms with van der Waals surface area (Å²) in [6, 6.07) is 4.67. The van der Waals surface area contributed by atoms with E-state index in [0.717, 1.165) is 12.1 Å². The number of carbonyl (C=O) groups is 1. The number of halogens is 4. The summed E-state index contributed by atoms with van der Waals surface area (Å²) in [4.78, 5) is 10.6. The van der Waals surface area contributed by atoms with Crippen molar-refractivity contribution in [2.24, 2.45) is 0 Å². The summed E-state index contributed by atoms with van der Waals surface area (Å²) in [5.41, 5.74) is -0.505. The van der Waals surface area contributed by atoms with Crippen molar-refractivity contribution in [3.8, 4) is 6.07 Å². The quantitative estimate of drug-likeness (QED) is 0.800. The van der Waals surface area contributed by atoms with E-state index < -0.39 is 16.6 Å². The third-order valence-corrected chi connectivity index (χ3v) is 3.37. The number of rotatable bonds is 3. The van der Waals surface area contributed by atoms with Gasteiger partial charge in [-0.25, -0.2) is 0 Å². The van der Waals surface area contributed by atoms with Gasteiger partial charge in [-0.1, -0.05) is 22.0 Å². The molecule has 0 aromatic heterocycles. The first-order chi connectivity index (χ1) is 8.25. The molecular weight excluding hydrogens is 311 g/mol. The summed E-state index contributed by atoms with van der Waals surface area (Å²) < 4.78 is 37.4. The third-order valence-electron chi connectivity index (χ3n) is 2.40. The molecule has 18 heavy (non-hydrogen) atoms. The average Bonchev–Trinajstić information content (AvgIpc) is 2.27. The molecule has 1 unspecified atom stereocenters. The number of nitriles is 1. The highest BCUT2D eigenvalue weighted by atomic mass is 79.9. The minimum Gasteiger partial charge on any atom is -0.299 e. The highest BCUT2D eigenvalue weighted by Gasteiger charge is 2.31. The van der Waals surface area contributed by atoms with Gasteiger partial charge in [0, 0.05) is 0 Å². The number of nitrogens with zero attached hydrogens (tertiary/aromatic N) is 1. The molecule has 0 saturated heterocycles. The van der Waals surface area contributed by atoms with Crippen molar-refractivity contribution in [1.29, 1.82) is 5.26 Å². The lowest BCUT2D eigenvalue weighted by Gasteiger charge is -2.11. The number of ketones is 1. The zero-order valence-electron chi connectivity index (χ0n) is 9.38. The van der Waals surface area contributed by atoms with E-state index >= 15 is 0 Å². The van der Waals surface area contributed by atoms with Crippen LogP contribution in [0.1, 0.15) is 23.6 Å². The largest absolute Gasteiger partial charge is 0.416 e. The van der Waals surface area contributed by atoms with Crippen LogP contribution in [-0.4, -0.2) is 10.6 Å². The summed E-state index contributed by atoms with van der Waals surface area (Å²) >= 11 is 3.12. The maximum Gasteiger partial charge on any atom is 0.416 e. The molecular formula is C12H9BrF3NO. The molecule has 1 rings (SSSR count). The Bertz CT molecular complexity index is 505. The summed E-state index contributed by atoms with van der Waals surface area (Å²) in [6.07, 6.45) is -4.28. The van der Waals surface area contributed by atoms with E-state index in [-0.39, 0.29) is 17.8 Å². The van der Waals surface area contributed by atoms with Crippen molar-refractivity contribution < 1.29 is 18.0 Å². The average molecular weight is 320 g/mol. The topological polar surface area (TPSA) is 40.9 Å². The molecule has 2 nitrogen and oxygen atoms in total. The summed E-state index contributed by atoms with van der Waals surface area (Å²) in [7, 11) is 0. The predicted molar refractivity (Wildman–Crippen MR) is 63.3 cm³/mol. The molecule has 0 amide bonds. The van der Waals surface area contributed by atoms with Gasteiger partial charge in [0.15, 0.2) is 0 Å². The number of benzene rings is 1. The number of carbonyl (C=O) groups excluding carboxylic acids is 1. The molecule has 0 N–H and O–H groups in total. The van der Waals surface area contributed by atoms with Crippen molar-refractivity contribution in [2.75, 3.05) is 0 Å². The predicted octanol–water partition coefficient (Wildman–Crippen LogP) is 3.47. The SMILES string of the molecule is CC(=O)C(Br)Cc1ccc(C(F)(F)F)cc1C#N. The van der Waals surface area contributed by atoms with Gasteiger partial charge in [0.05, 0.1) is 22.0 Å². The maximum absolute atomic E-state index is 12.5. The minimum atomic E-state index is -4.47.